The Morgan fingerprint density at radius 1 is 1.44 bits per heavy atom. The lowest BCUT2D eigenvalue weighted by molar-refractivity contribution is 0.479. The molecule has 0 bridgehead atoms. The van der Waals surface area contributed by atoms with Gasteiger partial charge >= 0.3 is 0 Å². The topological polar surface area (TPSA) is 43.0 Å². The molecule has 1 N–H and O–H groups in total. The zero-order chi connectivity index (χ0) is 13.1. The SMILES string of the molecule is CCNCc1occc1Cn1nc(C)c(Br)c1C. The normalized spacial score (nSPS) is 11.1. The molecule has 2 aromatic rings. The van der Waals surface area contributed by atoms with Crippen molar-refractivity contribution >= 4 is 15.9 Å². The predicted octanol–water partition coefficient (Wildman–Crippen LogP) is 3.01. The van der Waals surface area contributed by atoms with Crippen LogP contribution in [-0.4, -0.2) is 16.3 Å². The number of halogens is 1. The molecule has 18 heavy (non-hydrogen) atoms. The zero-order valence-corrected chi connectivity index (χ0v) is 12.5. The van der Waals surface area contributed by atoms with Crippen LogP contribution >= 0.6 is 15.9 Å². The summed E-state index contributed by atoms with van der Waals surface area (Å²) in [6.45, 7) is 8.60. The van der Waals surface area contributed by atoms with Crippen LogP contribution in [0.3, 0.4) is 0 Å². The highest BCUT2D eigenvalue weighted by Gasteiger charge is 2.12. The van der Waals surface area contributed by atoms with Crippen molar-refractivity contribution < 1.29 is 4.42 Å². The first kappa shape index (κ1) is 13.4. The molecule has 0 atom stereocenters. The molecule has 2 rings (SSSR count). The number of rotatable bonds is 5. The van der Waals surface area contributed by atoms with Crippen LogP contribution in [-0.2, 0) is 13.1 Å². The number of furan rings is 1. The summed E-state index contributed by atoms with van der Waals surface area (Å²) in [6.07, 6.45) is 1.74. The summed E-state index contributed by atoms with van der Waals surface area (Å²) in [4.78, 5) is 0. The van der Waals surface area contributed by atoms with Crippen molar-refractivity contribution in [3.05, 3.63) is 39.5 Å². The number of aryl methyl sites for hydroxylation is 1. The predicted molar refractivity (Wildman–Crippen MR) is 74.6 cm³/mol. The van der Waals surface area contributed by atoms with Crippen LogP contribution in [0, 0.1) is 13.8 Å². The Morgan fingerprint density at radius 3 is 2.83 bits per heavy atom. The minimum Gasteiger partial charge on any atom is -0.468 e. The zero-order valence-electron chi connectivity index (χ0n) is 11.0. The van der Waals surface area contributed by atoms with Gasteiger partial charge in [-0.1, -0.05) is 6.92 Å². The number of nitrogens with one attached hydrogen (secondary N) is 1. The Kier molecular flexibility index (Phi) is 4.24. The molecule has 0 spiro atoms. The maximum absolute atomic E-state index is 5.50. The van der Waals surface area contributed by atoms with E-state index in [4.69, 9.17) is 4.42 Å². The lowest BCUT2D eigenvalue weighted by Crippen LogP contribution is -2.13. The van der Waals surface area contributed by atoms with Crippen molar-refractivity contribution in [2.45, 2.75) is 33.9 Å². The minimum absolute atomic E-state index is 0.746. The summed E-state index contributed by atoms with van der Waals surface area (Å²) in [6, 6.07) is 2.01. The van der Waals surface area contributed by atoms with Crippen LogP contribution in [0.15, 0.2) is 21.2 Å². The van der Waals surface area contributed by atoms with E-state index in [0.29, 0.717) is 0 Å². The molecular weight excluding hydrogens is 294 g/mol. The average Bonchev–Trinajstić information content (AvgIpc) is 2.89. The van der Waals surface area contributed by atoms with Gasteiger partial charge in [-0.15, -0.1) is 0 Å². The fourth-order valence-electron chi connectivity index (χ4n) is 1.89. The second kappa shape index (κ2) is 5.71. The summed E-state index contributed by atoms with van der Waals surface area (Å²) in [5.74, 6) is 0.987. The van der Waals surface area contributed by atoms with Gasteiger partial charge in [-0.05, 0) is 42.4 Å². The van der Waals surface area contributed by atoms with Gasteiger partial charge in [-0.3, -0.25) is 4.68 Å². The Balaban J connectivity index is 2.18. The highest BCUT2D eigenvalue weighted by Crippen LogP contribution is 2.21. The van der Waals surface area contributed by atoms with E-state index in [1.54, 1.807) is 6.26 Å². The van der Waals surface area contributed by atoms with Crippen LogP contribution in [0.1, 0.15) is 29.6 Å². The summed E-state index contributed by atoms with van der Waals surface area (Å²) in [7, 11) is 0. The molecule has 0 amide bonds. The highest BCUT2D eigenvalue weighted by atomic mass is 79.9. The fraction of sp³-hybridized carbons (Fsp3) is 0.462. The van der Waals surface area contributed by atoms with Gasteiger partial charge in [0.25, 0.3) is 0 Å². The van der Waals surface area contributed by atoms with E-state index in [9.17, 15) is 0 Å². The van der Waals surface area contributed by atoms with Crippen molar-refractivity contribution in [1.82, 2.24) is 15.1 Å². The van der Waals surface area contributed by atoms with Crippen LogP contribution in [0.4, 0.5) is 0 Å². The van der Waals surface area contributed by atoms with E-state index in [1.165, 1.54) is 5.56 Å². The van der Waals surface area contributed by atoms with E-state index in [2.05, 4.69) is 40.2 Å². The molecular formula is C13H18BrN3O. The smallest absolute Gasteiger partial charge is 0.122 e. The van der Waals surface area contributed by atoms with Crippen molar-refractivity contribution in [1.29, 1.82) is 0 Å². The second-order valence-electron chi connectivity index (χ2n) is 4.29. The molecule has 5 heteroatoms. The third-order valence-electron chi connectivity index (χ3n) is 2.99. The van der Waals surface area contributed by atoms with E-state index < -0.39 is 0 Å². The van der Waals surface area contributed by atoms with Crippen LogP contribution in [0.2, 0.25) is 0 Å². The molecule has 0 aliphatic rings. The lowest BCUT2D eigenvalue weighted by atomic mass is 10.2. The highest BCUT2D eigenvalue weighted by molar-refractivity contribution is 9.10. The van der Waals surface area contributed by atoms with Crippen LogP contribution in [0.25, 0.3) is 0 Å². The molecule has 0 aliphatic heterocycles. The average molecular weight is 312 g/mol. The van der Waals surface area contributed by atoms with Crippen molar-refractivity contribution in [3.63, 3.8) is 0 Å². The Hall–Kier alpha value is -1.07. The summed E-state index contributed by atoms with van der Waals surface area (Å²) in [5.41, 5.74) is 3.33. The largest absolute Gasteiger partial charge is 0.468 e. The van der Waals surface area contributed by atoms with E-state index >= 15 is 0 Å². The molecule has 2 aromatic heterocycles. The maximum Gasteiger partial charge on any atom is 0.122 e. The molecule has 2 heterocycles. The molecule has 0 saturated carbocycles. The molecule has 0 aliphatic carbocycles. The molecule has 4 nitrogen and oxygen atoms in total. The summed E-state index contributed by atoms with van der Waals surface area (Å²) >= 11 is 3.55. The van der Waals surface area contributed by atoms with Gasteiger partial charge in [-0.2, -0.15) is 5.10 Å². The molecule has 0 saturated heterocycles. The number of aromatic nitrogens is 2. The molecule has 0 fully saturated rings. The van der Waals surface area contributed by atoms with Crippen LogP contribution in [0.5, 0.6) is 0 Å². The van der Waals surface area contributed by atoms with Gasteiger partial charge in [0.1, 0.15) is 5.76 Å². The van der Waals surface area contributed by atoms with Gasteiger partial charge < -0.3 is 9.73 Å². The molecule has 98 valence electrons. The van der Waals surface area contributed by atoms with Gasteiger partial charge in [0.15, 0.2) is 0 Å². The first-order chi connectivity index (χ1) is 8.63. The van der Waals surface area contributed by atoms with E-state index in [1.807, 2.05) is 17.7 Å². The van der Waals surface area contributed by atoms with Gasteiger partial charge in [0.05, 0.1) is 35.2 Å². The third-order valence-corrected chi connectivity index (χ3v) is 4.13. The molecule has 0 unspecified atom stereocenters. The third kappa shape index (κ3) is 2.67. The molecule has 0 aromatic carbocycles. The summed E-state index contributed by atoms with van der Waals surface area (Å²) in [5, 5.41) is 7.79. The standard InChI is InChI=1S/C13H18BrN3O/c1-4-15-7-12-11(5-6-18-12)8-17-10(3)13(14)9(2)16-17/h5-6,15H,4,7-8H2,1-3H3. The van der Waals surface area contributed by atoms with E-state index in [-0.39, 0.29) is 0 Å². The number of hydrogen-bond acceptors (Lipinski definition) is 3. The minimum atomic E-state index is 0.746. The Labute approximate surface area is 115 Å². The van der Waals surface area contributed by atoms with Crippen LogP contribution < -0.4 is 5.32 Å². The Bertz CT molecular complexity index is 530. The number of hydrogen-bond donors (Lipinski definition) is 1. The monoisotopic (exact) mass is 311 g/mol. The van der Waals surface area contributed by atoms with Crippen molar-refractivity contribution in [2.24, 2.45) is 0 Å². The van der Waals surface area contributed by atoms with Crippen molar-refractivity contribution in [3.8, 4) is 0 Å². The second-order valence-corrected chi connectivity index (χ2v) is 5.08. The van der Waals surface area contributed by atoms with Gasteiger partial charge in [0, 0.05) is 5.56 Å². The first-order valence-corrected chi connectivity index (χ1v) is 6.88. The van der Waals surface area contributed by atoms with Crippen molar-refractivity contribution in [2.75, 3.05) is 6.54 Å². The Morgan fingerprint density at radius 2 is 2.22 bits per heavy atom. The lowest BCUT2D eigenvalue weighted by Gasteiger charge is -2.05. The first-order valence-electron chi connectivity index (χ1n) is 6.09. The number of nitrogens with zero attached hydrogens (tertiary/aromatic N) is 2. The maximum atomic E-state index is 5.50. The summed E-state index contributed by atoms with van der Waals surface area (Å²) < 4.78 is 8.58. The fourth-order valence-corrected chi connectivity index (χ4v) is 2.18. The van der Waals surface area contributed by atoms with Gasteiger partial charge in [0.2, 0.25) is 0 Å². The quantitative estimate of drug-likeness (QED) is 0.923. The van der Waals surface area contributed by atoms with Gasteiger partial charge in [-0.25, -0.2) is 0 Å². The molecule has 0 radical (unpaired) electrons. The van der Waals surface area contributed by atoms with E-state index in [0.717, 1.165) is 41.3 Å².